The van der Waals surface area contributed by atoms with Gasteiger partial charge in [-0.1, -0.05) is 29.8 Å². The minimum absolute atomic E-state index is 0.00449. The first-order valence-electron chi connectivity index (χ1n) is 6.45. The van der Waals surface area contributed by atoms with E-state index >= 15 is 0 Å². The Morgan fingerprint density at radius 3 is 2.32 bits per heavy atom. The molecule has 6 heteroatoms. The minimum atomic E-state index is -0.436. The van der Waals surface area contributed by atoms with Crippen molar-refractivity contribution < 1.29 is 14.3 Å². The van der Waals surface area contributed by atoms with E-state index in [1.165, 1.54) is 0 Å². The summed E-state index contributed by atoms with van der Waals surface area (Å²) in [5.74, 6) is 0.316. The number of carbonyl (C=O) groups is 2. The molecule has 0 unspecified atom stereocenters. The third-order valence-corrected chi connectivity index (χ3v) is 2.86. The van der Waals surface area contributed by atoms with Crippen molar-refractivity contribution in [1.82, 2.24) is 10.2 Å². The van der Waals surface area contributed by atoms with Crippen LogP contribution in [0.1, 0.15) is 34.6 Å². The normalized spacial score (nSPS) is 11.3. The zero-order chi connectivity index (χ0) is 15.1. The molecule has 0 fully saturated rings. The maximum absolute atomic E-state index is 11.8. The molecule has 0 saturated heterocycles. The van der Waals surface area contributed by atoms with Gasteiger partial charge in [0.1, 0.15) is 0 Å². The van der Waals surface area contributed by atoms with Gasteiger partial charge in [-0.25, -0.2) is 4.79 Å². The number of rotatable bonds is 6. The van der Waals surface area contributed by atoms with E-state index in [1.54, 1.807) is 4.90 Å². The number of hydrogen-bond acceptors (Lipinski definition) is 3. The number of alkyl carbamates (subject to hydrolysis) is 1. The van der Waals surface area contributed by atoms with Crippen LogP contribution in [0.15, 0.2) is 0 Å². The molecule has 0 spiro atoms. The number of hydrogen-bond donors (Lipinski definition) is 1. The Labute approximate surface area is 124 Å². The molecule has 0 aromatic carbocycles. The largest absolute Gasteiger partial charge is 0.449 e. The SMILES string of the molecule is CC(C)COC(=O)NCCN(C(=O)CBr)C(C)(C)C. The van der Waals surface area contributed by atoms with Gasteiger partial charge in [-0.05, 0) is 26.7 Å². The molecular formula is C13H25BrN2O3. The van der Waals surface area contributed by atoms with Gasteiger partial charge < -0.3 is 15.0 Å². The van der Waals surface area contributed by atoms with Crippen molar-refractivity contribution in [3.8, 4) is 0 Å². The maximum Gasteiger partial charge on any atom is 0.407 e. The summed E-state index contributed by atoms with van der Waals surface area (Å²) >= 11 is 3.17. The summed E-state index contributed by atoms with van der Waals surface area (Å²) in [6.45, 7) is 11.1. The summed E-state index contributed by atoms with van der Waals surface area (Å²) in [5.41, 5.74) is -0.269. The zero-order valence-corrected chi connectivity index (χ0v) is 14.0. The van der Waals surface area contributed by atoms with Gasteiger partial charge in [0, 0.05) is 18.6 Å². The van der Waals surface area contributed by atoms with Crippen molar-refractivity contribution in [2.45, 2.75) is 40.2 Å². The number of ether oxygens (including phenoxy) is 1. The molecule has 0 bridgehead atoms. The van der Waals surface area contributed by atoms with Gasteiger partial charge in [0.25, 0.3) is 0 Å². The van der Waals surface area contributed by atoms with Gasteiger partial charge >= 0.3 is 6.09 Å². The van der Waals surface area contributed by atoms with Crippen molar-refractivity contribution in [1.29, 1.82) is 0 Å². The van der Waals surface area contributed by atoms with Gasteiger partial charge in [0.2, 0.25) is 5.91 Å². The van der Waals surface area contributed by atoms with Crippen LogP contribution in [0, 0.1) is 5.92 Å². The van der Waals surface area contributed by atoms with E-state index in [0.29, 0.717) is 25.6 Å². The van der Waals surface area contributed by atoms with E-state index < -0.39 is 6.09 Å². The molecule has 0 radical (unpaired) electrons. The third kappa shape index (κ3) is 8.08. The lowest BCUT2D eigenvalue weighted by atomic mass is 10.1. The predicted octanol–water partition coefficient (Wildman–Crippen LogP) is 2.39. The van der Waals surface area contributed by atoms with E-state index in [9.17, 15) is 9.59 Å². The van der Waals surface area contributed by atoms with Crippen molar-refractivity contribution in [2.24, 2.45) is 5.92 Å². The highest BCUT2D eigenvalue weighted by Crippen LogP contribution is 2.13. The highest BCUT2D eigenvalue weighted by atomic mass is 79.9. The molecule has 0 aromatic rings. The van der Waals surface area contributed by atoms with Gasteiger partial charge in [0.05, 0.1) is 11.9 Å². The first kappa shape index (κ1) is 18.2. The molecule has 0 aliphatic rings. The second-order valence-electron chi connectivity index (χ2n) is 5.77. The number of nitrogens with one attached hydrogen (secondary N) is 1. The Morgan fingerprint density at radius 1 is 1.32 bits per heavy atom. The van der Waals surface area contributed by atoms with Gasteiger partial charge in [-0.2, -0.15) is 0 Å². The molecule has 112 valence electrons. The van der Waals surface area contributed by atoms with Crippen LogP contribution in [0.4, 0.5) is 4.79 Å². The molecule has 5 nitrogen and oxygen atoms in total. The second-order valence-corrected chi connectivity index (χ2v) is 6.33. The second kappa shape index (κ2) is 8.40. The molecule has 0 aromatic heterocycles. The van der Waals surface area contributed by atoms with Crippen molar-refractivity contribution in [2.75, 3.05) is 25.0 Å². The van der Waals surface area contributed by atoms with Crippen molar-refractivity contribution in [3.05, 3.63) is 0 Å². The molecule has 0 aliphatic heterocycles. The summed E-state index contributed by atoms with van der Waals surface area (Å²) in [6.07, 6.45) is -0.436. The Bertz CT molecular complexity index is 301. The number of halogens is 1. The summed E-state index contributed by atoms with van der Waals surface area (Å²) in [5, 5.41) is 2.93. The molecule has 0 saturated carbocycles. The molecular weight excluding hydrogens is 312 g/mol. The lowest BCUT2D eigenvalue weighted by Crippen LogP contribution is -2.49. The fourth-order valence-electron chi connectivity index (χ4n) is 1.47. The van der Waals surface area contributed by atoms with Gasteiger partial charge in [0.15, 0.2) is 0 Å². The molecule has 0 heterocycles. The Balaban J connectivity index is 4.14. The first-order valence-corrected chi connectivity index (χ1v) is 7.57. The van der Waals surface area contributed by atoms with E-state index in [2.05, 4.69) is 21.2 Å². The molecule has 0 rings (SSSR count). The van der Waals surface area contributed by atoms with Crippen LogP contribution < -0.4 is 5.32 Å². The van der Waals surface area contributed by atoms with Crippen LogP contribution in [0.25, 0.3) is 0 Å². The summed E-state index contributed by atoms with van der Waals surface area (Å²) in [4.78, 5) is 24.9. The van der Waals surface area contributed by atoms with Crippen LogP contribution in [0.3, 0.4) is 0 Å². The fraction of sp³-hybridized carbons (Fsp3) is 0.846. The van der Waals surface area contributed by atoms with Crippen molar-refractivity contribution in [3.63, 3.8) is 0 Å². The number of alkyl halides is 1. The fourth-order valence-corrected chi connectivity index (χ4v) is 1.77. The van der Waals surface area contributed by atoms with E-state index in [4.69, 9.17) is 4.74 Å². The Morgan fingerprint density at radius 2 is 1.89 bits per heavy atom. The van der Waals surface area contributed by atoms with Gasteiger partial charge in [-0.3, -0.25) is 4.79 Å². The quantitative estimate of drug-likeness (QED) is 0.757. The van der Waals surface area contributed by atoms with Crippen LogP contribution in [-0.4, -0.2) is 47.5 Å². The predicted molar refractivity (Wildman–Crippen MR) is 79.4 cm³/mol. The average molecular weight is 337 g/mol. The smallest absolute Gasteiger partial charge is 0.407 e. The van der Waals surface area contributed by atoms with Crippen LogP contribution in [0.5, 0.6) is 0 Å². The first-order chi connectivity index (χ1) is 8.68. The maximum atomic E-state index is 11.8. The summed E-state index contributed by atoms with van der Waals surface area (Å²) < 4.78 is 4.99. The van der Waals surface area contributed by atoms with Crippen LogP contribution in [-0.2, 0) is 9.53 Å². The van der Waals surface area contributed by atoms with E-state index in [0.717, 1.165) is 0 Å². The van der Waals surface area contributed by atoms with Crippen LogP contribution >= 0.6 is 15.9 Å². The molecule has 19 heavy (non-hydrogen) atoms. The summed E-state index contributed by atoms with van der Waals surface area (Å²) in [7, 11) is 0. The topological polar surface area (TPSA) is 58.6 Å². The lowest BCUT2D eigenvalue weighted by Gasteiger charge is -2.35. The Kier molecular flexibility index (Phi) is 8.06. The third-order valence-electron chi connectivity index (χ3n) is 2.38. The average Bonchev–Trinajstić information content (AvgIpc) is 2.29. The molecule has 0 atom stereocenters. The van der Waals surface area contributed by atoms with Crippen molar-refractivity contribution >= 4 is 27.9 Å². The highest BCUT2D eigenvalue weighted by molar-refractivity contribution is 9.09. The molecule has 1 N–H and O–H groups in total. The number of nitrogens with zero attached hydrogens (tertiary/aromatic N) is 1. The minimum Gasteiger partial charge on any atom is -0.449 e. The monoisotopic (exact) mass is 336 g/mol. The highest BCUT2D eigenvalue weighted by Gasteiger charge is 2.25. The molecule has 2 amide bonds. The lowest BCUT2D eigenvalue weighted by molar-refractivity contribution is -0.132. The van der Waals surface area contributed by atoms with Gasteiger partial charge in [-0.15, -0.1) is 0 Å². The molecule has 0 aliphatic carbocycles. The Hall–Kier alpha value is -0.780. The number of amides is 2. The van der Waals surface area contributed by atoms with E-state index in [1.807, 2.05) is 34.6 Å². The zero-order valence-electron chi connectivity index (χ0n) is 12.5. The van der Waals surface area contributed by atoms with Crippen LogP contribution in [0.2, 0.25) is 0 Å². The standard InChI is InChI=1S/C13H25BrN2O3/c1-10(2)9-19-12(18)15-6-7-16(11(17)8-14)13(3,4)5/h10H,6-9H2,1-5H3,(H,15,18). The van der Waals surface area contributed by atoms with E-state index in [-0.39, 0.29) is 16.8 Å². The number of carbonyl (C=O) groups excluding carboxylic acids is 2. The summed E-state index contributed by atoms with van der Waals surface area (Å²) in [6, 6.07) is 0.